The van der Waals surface area contributed by atoms with Gasteiger partial charge in [-0.15, -0.1) is 0 Å². The largest absolute Gasteiger partial charge is 0.466 e. The zero-order valence-electron chi connectivity index (χ0n) is 13.2. The van der Waals surface area contributed by atoms with Crippen LogP contribution >= 0.6 is 34.8 Å². The van der Waals surface area contributed by atoms with E-state index >= 15 is 0 Å². The second-order valence-corrected chi connectivity index (χ2v) is 6.58. The summed E-state index contributed by atoms with van der Waals surface area (Å²) < 4.78 is 6.41. The van der Waals surface area contributed by atoms with Crippen LogP contribution in [0, 0.1) is 0 Å². The molecule has 0 aliphatic carbocycles. The van der Waals surface area contributed by atoms with Crippen LogP contribution in [0.1, 0.15) is 11.3 Å². The molecular formula is C18H13Cl3N2O2. The van der Waals surface area contributed by atoms with E-state index in [-0.39, 0.29) is 0 Å². The number of hydrogen-bond acceptors (Lipinski definition) is 3. The van der Waals surface area contributed by atoms with Gasteiger partial charge in [0.25, 0.3) is 0 Å². The Hall–Kier alpha value is -2.01. The predicted octanol–water partition coefficient (Wildman–Crippen LogP) is 5.23. The van der Waals surface area contributed by atoms with Crippen LogP contribution in [-0.2, 0) is 16.1 Å². The number of carbonyl (C=O) groups is 1. The summed E-state index contributed by atoms with van der Waals surface area (Å²) in [6.07, 6.45) is 2.94. The Balaban J connectivity index is 2.06. The van der Waals surface area contributed by atoms with Crippen LogP contribution in [0.3, 0.4) is 0 Å². The van der Waals surface area contributed by atoms with Gasteiger partial charge < -0.3 is 4.74 Å². The van der Waals surface area contributed by atoms with E-state index in [0.717, 1.165) is 16.5 Å². The number of aromatic nitrogens is 2. The Bertz CT molecular complexity index is 980. The molecule has 0 spiro atoms. The summed E-state index contributed by atoms with van der Waals surface area (Å²) in [5.74, 6) is -0.447. The lowest BCUT2D eigenvalue weighted by Crippen LogP contribution is -2.02. The molecule has 0 aliphatic rings. The van der Waals surface area contributed by atoms with Gasteiger partial charge in [0.1, 0.15) is 0 Å². The van der Waals surface area contributed by atoms with Crippen molar-refractivity contribution in [2.24, 2.45) is 0 Å². The van der Waals surface area contributed by atoms with Crippen molar-refractivity contribution in [1.29, 1.82) is 0 Å². The number of nitrogens with zero attached hydrogens (tertiary/aromatic N) is 2. The molecule has 4 nitrogen and oxygen atoms in total. The average molecular weight is 396 g/mol. The number of carbonyl (C=O) groups excluding carboxylic acids is 1. The maximum Gasteiger partial charge on any atom is 0.330 e. The average Bonchev–Trinajstić information content (AvgIpc) is 2.92. The number of esters is 1. The second kappa shape index (κ2) is 7.48. The predicted molar refractivity (Wildman–Crippen MR) is 101 cm³/mol. The molecular weight excluding hydrogens is 383 g/mol. The maximum atomic E-state index is 11.4. The molecule has 3 aromatic rings. The van der Waals surface area contributed by atoms with Crippen molar-refractivity contribution in [3.05, 3.63) is 68.8 Å². The van der Waals surface area contributed by atoms with Crippen molar-refractivity contribution in [3.63, 3.8) is 0 Å². The van der Waals surface area contributed by atoms with Crippen LogP contribution in [0.2, 0.25) is 15.1 Å². The van der Waals surface area contributed by atoms with Crippen LogP contribution < -0.4 is 0 Å². The van der Waals surface area contributed by atoms with E-state index in [9.17, 15) is 4.79 Å². The quantitative estimate of drug-likeness (QED) is 0.449. The van der Waals surface area contributed by atoms with Crippen molar-refractivity contribution in [3.8, 4) is 0 Å². The number of ether oxygens (including phenoxy) is 1. The smallest absolute Gasteiger partial charge is 0.330 e. The van der Waals surface area contributed by atoms with Crippen molar-refractivity contribution in [1.82, 2.24) is 9.78 Å². The molecule has 0 aliphatic heterocycles. The third kappa shape index (κ3) is 3.98. The Morgan fingerprint density at radius 1 is 1.16 bits per heavy atom. The zero-order valence-corrected chi connectivity index (χ0v) is 15.4. The summed E-state index contributed by atoms with van der Waals surface area (Å²) >= 11 is 18.3. The highest BCUT2D eigenvalue weighted by molar-refractivity contribution is 6.35. The normalized spacial score (nSPS) is 11.4. The molecule has 0 saturated heterocycles. The standard InChI is InChI=1S/C18H13Cl3N2O2/c1-25-18(24)7-6-16-14-5-4-13(20)9-17(14)23(22-16)10-11-2-3-12(19)8-15(11)21/h2-9H,10H2,1H3. The molecule has 1 heterocycles. The fraction of sp³-hybridized carbons (Fsp3) is 0.111. The van der Waals surface area contributed by atoms with Crippen LogP contribution in [0.25, 0.3) is 17.0 Å². The molecule has 7 heteroatoms. The first kappa shape index (κ1) is 17.8. The Labute approximate surface area is 159 Å². The van der Waals surface area contributed by atoms with Gasteiger partial charge in [-0.1, -0.05) is 40.9 Å². The van der Waals surface area contributed by atoms with Crippen molar-refractivity contribution in [2.45, 2.75) is 6.54 Å². The summed E-state index contributed by atoms with van der Waals surface area (Å²) in [7, 11) is 1.33. The Kier molecular flexibility index (Phi) is 5.33. The highest BCUT2D eigenvalue weighted by Crippen LogP contribution is 2.27. The third-order valence-corrected chi connectivity index (χ3v) is 4.48. The van der Waals surface area contributed by atoms with E-state index in [2.05, 4.69) is 9.84 Å². The minimum atomic E-state index is -0.447. The molecule has 128 valence electrons. The summed E-state index contributed by atoms with van der Waals surface area (Å²) in [6.45, 7) is 0.443. The first-order valence-corrected chi connectivity index (χ1v) is 8.47. The van der Waals surface area contributed by atoms with Gasteiger partial charge in [0.05, 0.1) is 24.9 Å². The first-order valence-electron chi connectivity index (χ1n) is 7.34. The third-order valence-electron chi connectivity index (χ3n) is 3.66. The highest BCUT2D eigenvalue weighted by atomic mass is 35.5. The SMILES string of the molecule is COC(=O)C=Cc1nn(Cc2ccc(Cl)cc2Cl)c2cc(Cl)ccc12. The number of halogens is 3. The van der Waals surface area contributed by atoms with Crippen LogP contribution in [-0.4, -0.2) is 22.9 Å². The van der Waals surface area contributed by atoms with E-state index in [0.29, 0.717) is 27.3 Å². The zero-order chi connectivity index (χ0) is 18.0. The van der Waals surface area contributed by atoms with Crippen LogP contribution in [0.5, 0.6) is 0 Å². The van der Waals surface area contributed by atoms with Gasteiger partial charge in [-0.2, -0.15) is 5.10 Å². The summed E-state index contributed by atoms with van der Waals surface area (Å²) in [5.41, 5.74) is 2.35. The molecule has 0 amide bonds. The molecule has 2 aromatic carbocycles. The monoisotopic (exact) mass is 394 g/mol. The molecule has 0 saturated carbocycles. The van der Waals surface area contributed by atoms with Gasteiger partial charge in [0, 0.05) is 26.5 Å². The molecule has 0 bridgehead atoms. The van der Waals surface area contributed by atoms with Gasteiger partial charge in [-0.3, -0.25) is 4.68 Å². The minimum Gasteiger partial charge on any atom is -0.466 e. The minimum absolute atomic E-state index is 0.443. The first-order chi connectivity index (χ1) is 12.0. The highest BCUT2D eigenvalue weighted by Gasteiger charge is 2.12. The topological polar surface area (TPSA) is 44.1 Å². The fourth-order valence-electron chi connectivity index (χ4n) is 2.44. The van der Waals surface area contributed by atoms with E-state index < -0.39 is 5.97 Å². The maximum absolute atomic E-state index is 11.4. The lowest BCUT2D eigenvalue weighted by atomic mass is 10.2. The number of hydrogen-bond donors (Lipinski definition) is 0. The number of fused-ring (bicyclic) bond motifs is 1. The van der Waals surface area contributed by atoms with Gasteiger partial charge in [0.15, 0.2) is 0 Å². The van der Waals surface area contributed by atoms with E-state index in [4.69, 9.17) is 34.8 Å². The van der Waals surface area contributed by atoms with E-state index in [1.165, 1.54) is 13.2 Å². The van der Waals surface area contributed by atoms with Gasteiger partial charge in [-0.05, 0) is 42.0 Å². The molecule has 3 rings (SSSR count). The Morgan fingerprint density at radius 2 is 1.88 bits per heavy atom. The lowest BCUT2D eigenvalue weighted by molar-refractivity contribution is -0.134. The lowest BCUT2D eigenvalue weighted by Gasteiger charge is -2.06. The molecule has 0 N–H and O–H groups in total. The number of benzene rings is 2. The number of methoxy groups -OCH3 is 1. The summed E-state index contributed by atoms with van der Waals surface area (Å²) in [5, 5.41) is 7.17. The van der Waals surface area contributed by atoms with E-state index in [1.807, 2.05) is 18.2 Å². The summed E-state index contributed by atoms with van der Waals surface area (Å²) in [6, 6.07) is 10.8. The van der Waals surface area contributed by atoms with Gasteiger partial charge >= 0.3 is 5.97 Å². The van der Waals surface area contributed by atoms with Crippen LogP contribution in [0.4, 0.5) is 0 Å². The molecule has 1 aromatic heterocycles. The van der Waals surface area contributed by atoms with Crippen molar-refractivity contribution >= 4 is 57.8 Å². The molecule has 25 heavy (non-hydrogen) atoms. The molecule has 0 radical (unpaired) electrons. The van der Waals surface area contributed by atoms with Crippen molar-refractivity contribution < 1.29 is 9.53 Å². The van der Waals surface area contributed by atoms with Gasteiger partial charge in [-0.25, -0.2) is 4.79 Å². The van der Waals surface area contributed by atoms with Gasteiger partial charge in [0.2, 0.25) is 0 Å². The van der Waals surface area contributed by atoms with Crippen molar-refractivity contribution in [2.75, 3.05) is 7.11 Å². The number of rotatable bonds is 4. The molecule has 0 atom stereocenters. The fourth-order valence-corrected chi connectivity index (χ4v) is 3.08. The summed E-state index contributed by atoms with van der Waals surface area (Å²) in [4.78, 5) is 11.4. The Morgan fingerprint density at radius 3 is 2.60 bits per heavy atom. The van der Waals surface area contributed by atoms with Crippen LogP contribution in [0.15, 0.2) is 42.5 Å². The molecule has 0 fully saturated rings. The molecule has 0 unspecified atom stereocenters. The van der Waals surface area contributed by atoms with E-state index in [1.54, 1.807) is 29.0 Å². The second-order valence-electron chi connectivity index (χ2n) is 5.30.